The number of halogens is 3. The maximum Gasteiger partial charge on any atom is 0.406 e. The van der Waals surface area contributed by atoms with Crippen molar-refractivity contribution in [1.82, 2.24) is 20.1 Å². The Morgan fingerprint density at radius 1 is 1.42 bits per heavy atom. The average molecular weight is 367 g/mol. The Labute approximate surface area is 146 Å². The van der Waals surface area contributed by atoms with E-state index >= 15 is 0 Å². The molecule has 1 atom stereocenters. The van der Waals surface area contributed by atoms with Crippen molar-refractivity contribution in [3.63, 3.8) is 0 Å². The largest absolute Gasteiger partial charge is 0.406 e. The first-order chi connectivity index (χ1) is 12.2. The average Bonchev–Trinajstić information content (AvgIpc) is 3.13. The molecule has 10 heteroatoms. The topological polar surface area (TPSA) is 91.0 Å². The maximum atomic E-state index is 12.5. The van der Waals surface area contributed by atoms with Gasteiger partial charge in [-0.25, -0.2) is 4.98 Å². The molecule has 138 valence electrons. The second kappa shape index (κ2) is 6.77. The second-order valence-corrected chi connectivity index (χ2v) is 6.10. The Kier molecular flexibility index (Phi) is 4.66. The first-order valence-electron chi connectivity index (χ1n) is 7.86. The highest BCUT2D eigenvalue weighted by Crippen LogP contribution is 2.25. The Morgan fingerprint density at radius 3 is 2.85 bits per heavy atom. The van der Waals surface area contributed by atoms with Crippen molar-refractivity contribution in [2.75, 3.05) is 18.4 Å². The van der Waals surface area contributed by atoms with Crippen molar-refractivity contribution >= 4 is 17.5 Å². The van der Waals surface area contributed by atoms with Crippen LogP contribution < -0.4 is 5.32 Å². The summed E-state index contributed by atoms with van der Waals surface area (Å²) >= 11 is 0. The molecule has 0 saturated carbocycles. The smallest absolute Gasteiger partial charge is 0.333 e. The van der Waals surface area contributed by atoms with Crippen LogP contribution in [0.1, 0.15) is 12.2 Å². The fraction of sp³-hybridized carbons (Fsp3) is 0.375. The van der Waals surface area contributed by atoms with Crippen LogP contribution in [0.4, 0.5) is 18.9 Å². The molecule has 26 heavy (non-hydrogen) atoms. The highest BCUT2D eigenvalue weighted by molar-refractivity contribution is 5.97. The van der Waals surface area contributed by atoms with E-state index in [-0.39, 0.29) is 13.0 Å². The molecular formula is C16H16F3N5O2. The number of aryl methyl sites for hydroxylation is 1. The van der Waals surface area contributed by atoms with E-state index in [1.54, 1.807) is 31.2 Å². The Morgan fingerprint density at radius 2 is 2.19 bits per heavy atom. The fourth-order valence-corrected chi connectivity index (χ4v) is 2.77. The molecule has 0 aliphatic carbocycles. The molecule has 0 bridgehead atoms. The zero-order chi connectivity index (χ0) is 18.9. The van der Waals surface area contributed by atoms with Crippen molar-refractivity contribution in [3.05, 3.63) is 30.1 Å². The van der Waals surface area contributed by atoms with Crippen molar-refractivity contribution in [1.29, 1.82) is 0 Å². The molecule has 0 radical (unpaired) electrons. The Hall–Kier alpha value is -2.91. The van der Waals surface area contributed by atoms with E-state index in [0.29, 0.717) is 27.8 Å². The van der Waals surface area contributed by atoms with E-state index in [9.17, 15) is 22.8 Å². The molecule has 1 saturated heterocycles. The summed E-state index contributed by atoms with van der Waals surface area (Å²) in [6.45, 7) is 0.172. The lowest BCUT2D eigenvalue weighted by Crippen LogP contribution is -2.36. The predicted molar refractivity (Wildman–Crippen MR) is 85.9 cm³/mol. The Balaban J connectivity index is 1.66. The minimum Gasteiger partial charge on any atom is -0.333 e. The van der Waals surface area contributed by atoms with Crippen LogP contribution in [0.3, 0.4) is 0 Å². The number of hydrogen-bond acceptors (Lipinski definition) is 4. The van der Waals surface area contributed by atoms with Crippen LogP contribution in [0.5, 0.6) is 0 Å². The number of nitrogens with zero attached hydrogens (tertiary/aromatic N) is 3. The number of carbonyl (C=O) groups excluding carboxylic acids is 2. The number of carbonyl (C=O) groups is 2. The third-order valence-electron chi connectivity index (χ3n) is 3.94. The normalized spacial score (nSPS) is 17.6. The standard InChI is InChI=1S/C16H16F3N5O2/c1-9-20-14(23-22-9)10-3-2-4-12(5-10)21-15(26)11-6-13(25)24(7-11)8-16(17,18)19/h2-5,11H,6-8H2,1H3,(H,21,26)(H,20,22,23). The lowest BCUT2D eigenvalue weighted by atomic mass is 10.1. The second-order valence-electron chi connectivity index (χ2n) is 6.10. The van der Waals surface area contributed by atoms with Gasteiger partial charge in [0.1, 0.15) is 12.4 Å². The first-order valence-corrected chi connectivity index (χ1v) is 7.86. The number of benzene rings is 1. The van der Waals surface area contributed by atoms with E-state index in [1.165, 1.54) is 0 Å². The number of alkyl halides is 3. The molecule has 7 nitrogen and oxygen atoms in total. The fourth-order valence-electron chi connectivity index (χ4n) is 2.77. The van der Waals surface area contributed by atoms with Gasteiger partial charge in [-0.3, -0.25) is 14.7 Å². The van der Waals surface area contributed by atoms with Gasteiger partial charge in [0.05, 0.1) is 5.92 Å². The molecule has 3 rings (SSSR count). The summed E-state index contributed by atoms with van der Waals surface area (Å²) in [7, 11) is 0. The Bertz CT molecular complexity index is 833. The molecule has 2 aromatic rings. The van der Waals surface area contributed by atoms with Crippen LogP contribution in [-0.2, 0) is 9.59 Å². The summed E-state index contributed by atoms with van der Waals surface area (Å²) in [5, 5.41) is 9.39. The van der Waals surface area contributed by atoms with Gasteiger partial charge in [-0.2, -0.15) is 18.3 Å². The number of rotatable bonds is 4. The third kappa shape index (κ3) is 4.19. The van der Waals surface area contributed by atoms with Crippen LogP contribution in [0, 0.1) is 12.8 Å². The molecule has 2 N–H and O–H groups in total. The quantitative estimate of drug-likeness (QED) is 0.866. The van der Waals surface area contributed by atoms with Crippen LogP contribution in [0.2, 0.25) is 0 Å². The molecule has 2 amide bonds. The van der Waals surface area contributed by atoms with Crippen molar-refractivity contribution < 1.29 is 22.8 Å². The van der Waals surface area contributed by atoms with Crippen LogP contribution in [-0.4, -0.2) is 51.2 Å². The zero-order valence-electron chi connectivity index (χ0n) is 13.8. The van der Waals surface area contributed by atoms with E-state index < -0.39 is 30.5 Å². The highest BCUT2D eigenvalue weighted by Gasteiger charge is 2.40. The number of aromatic nitrogens is 3. The molecule has 1 fully saturated rings. The summed E-state index contributed by atoms with van der Waals surface area (Å²) < 4.78 is 37.4. The summed E-state index contributed by atoms with van der Waals surface area (Å²) in [6, 6.07) is 6.77. The van der Waals surface area contributed by atoms with Crippen LogP contribution >= 0.6 is 0 Å². The van der Waals surface area contributed by atoms with Gasteiger partial charge in [-0.1, -0.05) is 12.1 Å². The number of H-pyrrole nitrogens is 1. The molecule has 1 aliphatic heterocycles. The maximum absolute atomic E-state index is 12.5. The number of aromatic amines is 1. The molecular weight excluding hydrogens is 351 g/mol. The lowest BCUT2D eigenvalue weighted by Gasteiger charge is -2.18. The molecule has 1 aliphatic rings. The van der Waals surface area contributed by atoms with Crippen LogP contribution in [0.15, 0.2) is 24.3 Å². The lowest BCUT2D eigenvalue weighted by molar-refractivity contribution is -0.157. The number of nitrogens with one attached hydrogen (secondary N) is 2. The summed E-state index contributed by atoms with van der Waals surface area (Å²) in [6.07, 6.45) is -4.72. The van der Waals surface area contributed by atoms with E-state index in [4.69, 9.17) is 0 Å². The van der Waals surface area contributed by atoms with Gasteiger partial charge in [-0.05, 0) is 19.1 Å². The van der Waals surface area contributed by atoms with Gasteiger partial charge < -0.3 is 10.2 Å². The van der Waals surface area contributed by atoms with E-state index in [2.05, 4.69) is 20.5 Å². The predicted octanol–water partition coefficient (Wildman–Crippen LogP) is 2.13. The van der Waals surface area contributed by atoms with Gasteiger partial charge in [0, 0.05) is 24.2 Å². The number of hydrogen-bond donors (Lipinski definition) is 2. The van der Waals surface area contributed by atoms with Gasteiger partial charge in [0.15, 0.2) is 5.82 Å². The first kappa shape index (κ1) is 17.9. The monoisotopic (exact) mass is 367 g/mol. The minimum atomic E-state index is -4.48. The van der Waals surface area contributed by atoms with Gasteiger partial charge in [0.2, 0.25) is 11.8 Å². The molecule has 2 heterocycles. The van der Waals surface area contributed by atoms with Crippen molar-refractivity contribution in [3.8, 4) is 11.4 Å². The SMILES string of the molecule is Cc1nc(-c2cccc(NC(=O)C3CC(=O)N(CC(F)(F)F)C3)c2)n[nH]1. The summed E-state index contributed by atoms with van der Waals surface area (Å²) in [5.74, 6) is -0.882. The summed E-state index contributed by atoms with van der Waals surface area (Å²) in [4.78, 5) is 28.9. The number of likely N-dealkylation sites (tertiary alicyclic amines) is 1. The zero-order valence-corrected chi connectivity index (χ0v) is 13.8. The van der Waals surface area contributed by atoms with E-state index in [0.717, 1.165) is 0 Å². The summed E-state index contributed by atoms with van der Waals surface area (Å²) in [5.41, 5.74) is 1.13. The molecule has 1 aromatic carbocycles. The number of anilines is 1. The van der Waals surface area contributed by atoms with Gasteiger partial charge in [-0.15, -0.1) is 0 Å². The highest BCUT2D eigenvalue weighted by atomic mass is 19.4. The molecule has 1 aromatic heterocycles. The third-order valence-corrected chi connectivity index (χ3v) is 3.94. The van der Waals surface area contributed by atoms with Crippen molar-refractivity contribution in [2.24, 2.45) is 5.92 Å². The van der Waals surface area contributed by atoms with E-state index in [1.807, 2.05) is 0 Å². The van der Waals surface area contributed by atoms with Crippen LogP contribution in [0.25, 0.3) is 11.4 Å². The molecule has 1 unspecified atom stereocenters. The van der Waals surface area contributed by atoms with Gasteiger partial charge in [0.25, 0.3) is 0 Å². The number of amides is 2. The molecule has 0 spiro atoms. The van der Waals surface area contributed by atoms with Crippen molar-refractivity contribution in [2.45, 2.75) is 19.5 Å². The minimum absolute atomic E-state index is 0.234. The van der Waals surface area contributed by atoms with Gasteiger partial charge >= 0.3 is 6.18 Å².